The minimum absolute atomic E-state index is 0.0538. The number of halogens is 1. The highest BCUT2D eigenvalue weighted by Crippen LogP contribution is 2.41. The summed E-state index contributed by atoms with van der Waals surface area (Å²) in [6.45, 7) is 4.26. The van der Waals surface area contributed by atoms with Crippen LogP contribution >= 0.6 is 11.8 Å². The number of carbonyl (C=O) groups is 1. The Morgan fingerprint density at radius 2 is 1.86 bits per heavy atom. The number of hydrogen-bond donors (Lipinski definition) is 0. The van der Waals surface area contributed by atoms with Crippen LogP contribution in [0.25, 0.3) is 11.4 Å². The van der Waals surface area contributed by atoms with Gasteiger partial charge < -0.3 is 0 Å². The van der Waals surface area contributed by atoms with Crippen molar-refractivity contribution in [2.75, 3.05) is 5.75 Å². The SMILES string of the molecule is CC(C)c1ccc(C(=O)CSc2nnc(-c3ccccc3F)n2C2CC2)cc1. The number of carbonyl (C=O) groups excluding carboxylic acids is 1. The first-order valence-corrected chi connectivity index (χ1v) is 10.5. The largest absolute Gasteiger partial charge is 0.299 e. The molecular weight excluding hydrogens is 373 g/mol. The average molecular weight is 396 g/mol. The number of thioether (sulfide) groups is 1. The molecule has 2 aromatic carbocycles. The van der Waals surface area contributed by atoms with Gasteiger partial charge in [-0.25, -0.2) is 4.39 Å². The minimum Gasteiger partial charge on any atom is -0.299 e. The second kappa shape index (κ2) is 7.87. The molecular formula is C22H22FN3OS. The van der Waals surface area contributed by atoms with Gasteiger partial charge in [0.25, 0.3) is 0 Å². The van der Waals surface area contributed by atoms with Crippen molar-refractivity contribution in [3.63, 3.8) is 0 Å². The van der Waals surface area contributed by atoms with E-state index in [-0.39, 0.29) is 23.4 Å². The fourth-order valence-corrected chi connectivity index (χ4v) is 4.03. The van der Waals surface area contributed by atoms with E-state index in [0.29, 0.717) is 28.0 Å². The van der Waals surface area contributed by atoms with E-state index in [0.717, 1.165) is 12.8 Å². The van der Waals surface area contributed by atoms with Crippen LogP contribution in [0.5, 0.6) is 0 Å². The van der Waals surface area contributed by atoms with Crippen LogP contribution in [0.15, 0.2) is 53.7 Å². The Balaban J connectivity index is 1.52. The van der Waals surface area contributed by atoms with E-state index in [1.807, 2.05) is 28.8 Å². The molecule has 1 fully saturated rings. The summed E-state index contributed by atoms with van der Waals surface area (Å²) in [6, 6.07) is 14.7. The third-order valence-corrected chi connectivity index (χ3v) is 5.87. The normalized spacial score (nSPS) is 13.9. The number of nitrogens with zero attached hydrogens (tertiary/aromatic N) is 3. The average Bonchev–Trinajstić information content (AvgIpc) is 3.46. The van der Waals surface area contributed by atoms with Crippen LogP contribution in [0.4, 0.5) is 4.39 Å². The van der Waals surface area contributed by atoms with Gasteiger partial charge in [0.15, 0.2) is 16.8 Å². The molecule has 6 heteroatoms. The van der Waals surface area contributed by atoms with Crippen LogP contribution < -0.4 is 0 Å². The predicted molar refractivity (Wildman–Crippen MR) is 109 cm³/mol. The van der Waals surface area contributed by atoms with Crippen molar-refractivity contribution in [3.05, 3.63) is 65.5 Å². The molecule has 144 valence electrons. The number of aromatic nitrogens is 3. The Hall–Kier alpha value is -2.47. The summed E-state index contributed by atoms with van der Waals surface area (Å²) in [7, 11) is 0. The monoisotopic (exact) mass is 395 g/mol. The van der Waals surface area contributed by atoms with Crippen LogP contribution in [0.3, 0.4) is 0 Å². The first-order valence-electron chi connectivity index (χ1n) is 9.50. The highest BCUT2D eigenvalue weighted by Gasteiger charge is 2.31. The molecule has 1 saturated carbocycles. The summed E-state index contributed by atoms with van der Waals surface area (Å²) in [5.74, 6) is 1.00. The van der Waals surface area contributed by atoms with Gasteiger partial charge in [-0.3, -0.25) is 9.36 Å². The molecule has 3 aromatic rings. The fourth-order valence-electron chi connectivity index (χ4n) is 3.13. The summed E-state index contributed by atoms with van der Waals surface area (Å²) in [4.78, 5) is 12.6. The molecule has 0 spiro atoms. The van der Waals surface area contributed by atoms with Crippen molar-refractivity contribution >= 4 is 17.5 Å². The van der Waals surface area contributed by atoms with Crippen LogP contribution in [-0.4, -0.2) is 26.3 Å². The standard InChI is InChI=1S/C22H22FN3OS/c1-14(2)15-7-9-16(10-8-15)20(27)13-28-22-25-24-21(26(22)17-11-12-17)18-5-3-4-6-19(18)23/h3-10,14,17H,11-13H2,1-2H3. The maximum Gasteiger partial charge on any atom is 0.192 e. The molecule has 4 nitrogen and oxygen atoms in total. The maximum absolute atomic E-state index is 14.2. The van der Waals surface area contributed by atoms with Crippen molar-refractivity contribution in [3.8, 4) is 11.4 Å². The highest BCUT2D eigenvalue weighted by molar-refractivity contribution is 7.99. The van der Waals surface area contributed by atoms with E-state index in [9.17, 15) is 9.18 Å². The van der Waals surface area contributed by atoms with E-state index in [1.165, 1.54) is 23.4 Å². The second-order valence-corrected chi connectivity index (χ2v) is 8.32. The van der Waals surface area contributed by atoms with Crippen LogP contribution in [0.2, 0.25) is 0 Å². The van der Waals surface area contributed by atoms with Gasteiger partial charge in [0.2, 0.25) is 0 Å². The Morgan fingerprint density at radius 3 is 2.50 bits per heavy atom. The van der Waals surface area contributed by atoms with Crippen LogP contribution in [-0.2, 0) is 0 Å². The Bertz CT molecular complexity index is 993. The van der Waals surface area contributed by atoms with Gasteiger partial charge in [-0.2, -0.15) is 0 Å². The Labute approximate surface area is 168 Å². The van der Waals surface area contributed by atoms with Gasteiger partial charge in [-0.15, -0.1) is 10.2 Å². The van der Waals surface area contributed by atoms with Gasteiger partial charge in [-0.1, -0.05) is 62.0 Å². The molecule has 0 amide bonds. The predicted octanol–water partition coefficient (Wildman–Crippen LogP) is 5.52. The van der Waals surface area contributed by atoms with Crippen molar-refractivity contribution in [1.29, 1.82) is 0 Å². The molecule has 0 unspecified atom stereocenters. The molecule has 0 N–H and O–H groups in total. The highest BCUT2D eigenvalue weighted by atomic mass is 32.2. The lowest BCUT2D eigenvalue weighted by atomic mass is 10.0. The Kier molecular flexibility index (Phi) is 5.31. The maximum atomic E-state index is 14.2. The van der Waals surface area contributed by atoms with Gasteiger partial charge in [0.1, 0.15) is 5.82 Å². The number of benzene rings is 2. The Morgan fingerprint density at radius 1 is 1.14 bits per heavy atom. The topological polar surface area (TPSA) is 47.8 Å². The molecule has 0 atom stereocenters. The molecule has 0 bridgehead atoms. The molecule has 1 aliphatic rings. The van der Waals surface area contributed by atoms with Crippen molar-refractivity contribution in [1.82, 2.24) is 14.8 Å². The molecule has 1 aliphatic carbocycles. The van der Waals surface area contributed by atoms with Crippen molar-refractivity contribution < 1.29 is 9.18 Å². The smallest absolute Gasteiger partial charge is 0.192 e. The summed E-state index contributed by atoms with van der Waals surface area (Å²) >= 11 is 1.37. The fraction of sp³-hybridized carbons (Fsp3) is 0.318. The van der Waals surface area contributed by atoms with Gasteiger partial charge in [0, 0.05) is 11.6 Å². The van der Waals surface area contributed by atoms with Crippen molar-refractivity contribution in [2.24, 2.45) is 0 Å². The van der Waals surface area contributed by atoms with Crippen molar-refractivity contribution in [2.45, 2.75) is 43.8 Å². The summed E-state index contributed by atoms with van der Waals surface area (Å²) < 4.78 is 16.2. The number of rotatable bonds is 7. The summed E-state index contributed by atoms with van der Waals surface area (Å²) in [5.41, 5.74) is 2.36. The molecule has 1 heterocycles. The van der Waals surface area contributed by atoms with Gasteiger partial charge >= 0.3 is 0 Å². The molecule has 0 radical (unpaired) electrons. The molecule has 0 saturated heterocycles. The number of ketones is 1. The van der Waals surface area contributed by atoms with Gasteiger partial charge in [0.05, 0.1) is 11.3 Å². The zero-order valence-electron chi connectivity index (χ0n) is 15.9. The first-order chi connectivity index (χ1) is 13.5. The zero-order chi connectivity index (χ0) is 19.7. The summed E-state index contributed by atoms with van der Waals surface area (Å²) in [6.07, 6.45) is 2.05. The summed E-state index contributed by atoms with van der Waals surface area (Å²) in [5, 5.41) is 9.16. The lowest BCUT2D eigenvalue weighted by Crippen LogP contribution is -2.05. The van der Waals surface area contributed by atoms with Crippen LogP contribution in [0.1, 0.15) is 54.6 Å². The van der Waals surface area contributed by atoms with Crippen LogP contribution in [0, 0.1) is 5.82 Å². The minimum atomic E-state index is -0.310. The van der Waals surface area contributed by atoms with E-state index >= 15 is 0 Å². The molecule has 28 heavy (non-hydrogen) atoms. The molecule has 1 aromatic heterocycles. The lowest BCUT2D eigenvalue weighted by Gasteiger charge is -2.09. The quantitative estimate of drug-likeness (QED) is 0.390. The van der Waals surface area contributed by atoms with E-state index in [4.69, 9.17) is 0 Å². The van der Waals surface area contributed by atoms with E-state index in [1.54, 1.807) is 18.2 Å². The van der Waals surface area contributed by atoms with E-state index in [2.05, 4.69) is 24.0 Å². The molecule has 4 rings (SSSR count). The third kappa shape index (κ3) is 3.87. The first kappa shape index (κ1) is 18.9. The third-order valence-electron chi connectivity index (χ3n) is 4.92. The number of Topliss-reactive ketones (excluding diaryl/α,β-unsaturated/α-hetero) is 1. The number of hydrogen-bond acceptors (Lipinski definition) is 4. The van der Waals surface area contributed by atoms with Gasteiger partial charge in [-0.05, 0) is 36.5 Å². The second-order valence-electron chi connectivity index (χ2n) is 7.38. The van der Waals surface area contributed by atoms with E-state index < -0.39 is 0 Å². The zero-order valence-corrected chi connectivity index (χ0v) is 16.7. The lowest BCUT2D eigenvalue weighted by molar-refractivity contribution is 0.102. The molecule has 0 aliphatic heterocycles.